The van der Waals surface area contributed by atoms with Gasteiger partial charge in [-0.15, -0.1) is 5.26 Å². The average molecular weight is 163 g/mol. The lowest BCUT2D eigenvalue weighted by Gasteiger charge is -2.04. The van der Waals surface area contributed by atoms with Crippen molar-refractivity contribution in [2.24, 2.45) is 0 Å². The van der Waals surface area contributed by atoms with E-state index in [9.17, 15) is 4.57 Å². The van der Waals surface area contributed by atoms with Crippen molar-refractivity contribution in [1.29, 1.82) is 5.26 Å². The van der Waals surface area contributed by atoms with Crippen molar-refractivity contribution in [2.45, 2.75) is 19.8 Å². The van der Waals surface area contributed by atoms with Gasteiger partial charge >= 0.3 is 7.60 Å². The van der Waals surface area contributed by atoms with Crippen LogP contribution in [0.4, 0.5) is 0 Å². The summed E-state index contributed by atoms with van der Waals surface area (Å²) in [5.74, 6) is 0. The maximum Gasteiger partial charge on any atom is 0.386 e. The number of unbranched alkanes of at least 4 members (excludes halogenated alkanes) is 1. The minimum Gasteiger partial charge on any atom is -0.349 e. The summed E-state index contributed by atoms with van der Waals surface area (Å²) in [4.78, 5) is 8.76. The smallest absolute Gasteiger partial charge is 0.349 e. The number of nitrogens with zero attached hydrogens (tertiary/aromatic N) is 1. The molecule has 0 aliphatic heterocycles. The topological polar surface area (TPSA) is 70.3 Å². The molecule has 0 bridgehead atoms. The van der Waals surface area contributed by atoms with Crippen LogP contribution in [0.25, 0.3) is 0 Å². The SMILES string of the molecule is CCCCP(=O)(O)OC#N. The van der Waals surface area contributed by atoms with Gasteiger partial charge in [-0.2, -0.15) is 0 Å². The standard InChI is InChI=1S/C5H10NO3P/c1-2-3-4-10(7,8)9-5-6/h2-4H2,1H3,(H,7,8). The van der Waals surface area contributed by atoms with E-state index in [1.165, 1.54) is 6.26 Å². The number of hydrogen-bond acceptors (Lipinski definition) is 3. The Morgan fingerprint density at radius 2 is 2.40 bits per heavy atom. The van der Waals surface area contributed by atoms with Gasteiger partial charge in [-0.25, -0.2) is 4.57 Å². The highest BCUT2D eigenvalue weighted by atomic mass is 31.2. The van der Waals surface area contributed by atoms with Crippen LogP contribution in [0.3, 0.4) is 0 Å². The normalized spacial score (nSPS) is 15.3. The van der Waals surface area contributed by atoms with Crippen molar-refractivity contribution >= 4 is 7.60 Å². The molecule has 0 aliphatic rings. The summed E-state index contributed by atoms with van der Waals surface area (Å²) in [5.41, 5.74) is 0. The van der Waals surface area contributed by atoms with E-state index in [0.717, 1.165) is 6.42 Å². The molecule has 0 radical (unpaired) electrons. The summed E-state index contributed by atoms with van der Waals surface area (Å²) in [7, 11) is -3.57. The van der Waals surface area contributed by atoms with Gasteiger partial charge in [-0.1, -0.05) is 13.3 Å². The highest BCUT2D eigenvalue weighted by Gasteiger charge is 2.18. The quantitative estimate of drug-likeness (QED) is 0.503. The van der Waals surface area contributed by atoms with E-state index >= 15 is 0 Å². The predicted octanol–water partition coefficient (Wildman–Crippen LogP) is 1.47. The molecular formula is C5H10NO3P. The fraction of sp³-hybridized carbons (Fsp3) is 0.800. The molecule has 0 saturated heterocycles. The van der Waals surface area contributed by atoms with Crippen LogP contribution in [0, 0.1) is 11.5 Å². The Bertz CT molecular complexity index is 174. The van der Waals surface area contributed by atoms with E-state index in [1.807, 2.05) is 6.92 Å². The lowest BCUT2D eigenvalue weighted by molar-refractivity contribution is 0.357. The Hall–Kier alpha value is -0.520. The van der Waals surface area contributed by atoms with Crippen molar-refractivity contribution in [3.05, 3.63) is 0 Å². The Balaban J connectivity index is 3.67. The molecule has 1 atom stereocenters. The molecule has 0 spiro atoms. The van der Waals surface area contributed by atoms with Crippen LogP contribution >= 0.6 is 7.60 Å². The summed E-state index contributed by atoms with van der Waals surface area (Å²) < 4.78 is 14.6. The zero-order chi connectivity index (χ0) is 8.04. The first-order valence-electron chi connectivity index (χ1n) is 3.02. The van der Waals surface area contributed by atoms with Gasteiger partial charge in [0.15, 0.2) is 0 Å². The molecular weight excluding hydrogens is 153 g/mol. The minimum absolute atomic E-state index is 0.0665. The first-order chi connectivity index (χ1) is 4.62. The van der Waals surface area contributed by atoms with Crippen molar-refractivity contribution in [2.75, 3.05) is 6.16 Å². The fourth-order valence-electron chi connectivity index (χ4n) is 0.467. The molecule has 0 fully saturated rings. The van der Waals surface area contributed by atoms with E-state index in [1.54, 1.807) is 0 Å². The lowest BCUT2D eigenvalue weighted by atomic mass is 10.4. The molecule has 4 nitrogen and oxygen atoms in total. The molecule has 0 aromatic rings. The predicted molar refractivity (Wildman–Crippen MR) is 36.3 cm³/mol. The molecule has 1 unspecified atom stereocenters. The lowest BCUT2D eigenvalue weighted by Crippen LogP contribution is -1.89. The Morgan fingerprint density at radius 3 is 2.80 bits per heavy atom. The number of rotatable bonds is 4. The summed E-state index contributed by atoms with van der Waals surface area (Å²) >= 11 is 0. The third-order valence-electron chi connectivity index (χ3n) is 0.978. The second-order valence-corrected chi connectivity index (χ2v) is 3.80. The van der Waals surface area contributed by atoms with Crippen LogP contribution in [0.2, 0.25) is 0 Å². The summed E-state index contributed by atoms with van der Waals surface area (Å²) in [6.07, 6.45) is 2.70. The highest BCUT2D eigenvalue weighted by Crippen LogP contribution is 2.41. The number of nitriles is 1. The Labute approximate surface area is 60.0 Å². The average Bonchev–Trinajstić information content (AvgIpc) is 1.84. The number of hydrogen-bond donors (Lipinski definition) is 1. The molecule has 58 valence electrons. The molecule has 0 amide bonds. The van der Waals surface area contributed by atoms with Crippen molar-refractivity contribution in [3.8, 4) is 6.26 Å². The van der Waals surface area contributed by atoms with E-state index in [0.29, 0.717) is 6.42 Å². The summed E-state index contributed by atoms with van der Waals surface area (Å²) in [5, 5.41) is 7.90. The van der Waals surface area contributed by atoms with Crippen LogP contribution in [-0.4, -0.2) is 11.1 Å². The van der Waals surface area contributed by atoms with Crippen LogP contribution in [0.5, 0.6) is 0 Å². The van der Waals surface area contributed by atoms with E-state index < -0.39 is 7.60 Å². The summed E-state index contributed by atoms with van der Waals surface area (Å²) in [6.45, 7) is 1.90. The molecule has 10 heavy (non-hydrogen) atoms. The largest absolute Gasteiger partial charge is 0.386 e. The van der Waals surface area contributed by atoms with Gasteiger partial charge in [0.2, 0.25) is 0 Å². The molecule has 0 aliphatic carbocycles. The maximum atomic E-state index is 10.7. The van der Waals surface area contributed by atoms with E-state index in [2.05, 4.69) is 4.52 Å². The van der Waals surface area contributed by atoms with Crippen LogP contribution < -0.4 is 0 Å². The fourth-order valence-corrected chi connectivity index (χ4v) is 1.40. The first-order valence-corrected chi connectivity index (χ1v) is 4.78. The van der Waals surface area contributed by atoms with Crippen LogP contribution in [0.1, 0.15) is 19.8 Å². The maximum absolute atomic E-state index is 10.7. The third kappa shape index (κ3) is 4.37. The van der Waals surface area contributed by atoms with Gasteiger partial charge in [-0.05, 0) is 6.42 Å². The van der Waals surface area contributed by atoms with Gasteiger partial charge in [0.05, 0.1) is 6.16 Å². The minimum atomic E-state index is -3.57. The van der Waals surface area contributed by atoms with Gasteiger partial charge in [0, 0.05) is 0 Å². The Morgan fingerprint density at radius 1 is 1.80 bits per heavy atom. The zero-order valence-electron chi connectivity index (χ0n) is 5.78. The van der Waals surface area contributed by atoms with Crippen molar-refractivity contribution < 1.29 is 14.0 Å². The first kappa shape index (κ1) is 9.48. The van der Waals surface area contributed by atoms with Gasteiger partial charge in [-0.3, -0.25) is 0 Å². The molecule has 0 aromatic heterocycles. The third-order valence-corrected chi connectivity index (χ3v) is 2.23. The molecule has 1 N–H and O–H groups in total. The molecule has 5 heteroatoms. The molecule has 0 heterocycles. The zero-order valence-corrected chi connectivity index (χ0v) is 6.67. The van der Waals surface area contributed by atoms with Crippen LogP contribution in [-0.2, 0) is 9.09 Å². The van der Waals surface area contributed by atoms with Gasteiger partial charge in [0.1, 0.15) is 0 Å². The van der Waals surface area contributed by atoms with E-state index in [4.69, 9.17) is 10.2 Å². The van der Waals surface area contributed by atoms with Crippen molar-refractivity contribution in [3.63, 3.8) is 0 Å². The molecule has 0 rings (SSSR count). The van der Waals surface area contributed by atoms with Crippen LogP contribution in [0.15, 0.2) is 0 Å². The monoisotopic (exact) mass is 163 g/mol. The van der Waals surface area contributed by atoms with Crippen molar-refractivity contribution in [1.82, 2.24) is 0 Å². The van der Waals surface area contributed by atoms with E-state index in [-0.39, 0.29) is 6.16 Å². The highest BCUT2D eigenvalue weighted by molar-refractivity contribution is 7.52. The second-order valence-electron chi connectivity index (χ2n) is 1.90. The summed E-state index contributed by atoms with van der Waals surface area (Å²) in [6, 6.07) is 0. The molecule has 0 saturated carbocycles. The second kappa shape index (κ2) is 4.32. The van der Waals surface area contributed by atoms with Gasteiger partial charge in [0.25, 0.3) is 6.26 Å². The molecule has 0 aromatic carbocycles. The Kier molecular flexibility index (Phi) is 4.10. The van der Waals surface area contributed by atoms with Gasteiger partial charge < -0.3 is 9.42 Å².